The third-order valence-corrected chi connectivity index (χ3v) is 3.81. The standard InChI is InChI=1S/C18H17N3O2/c1-12-3-8-16(13(2)9-12)17-10-19-20-21(17)11-14-4-6-15(7-5-14)18(22)23/h3-10H,11H2,1-2H3,(H,22,23). The number of carboxylic acid groups (broad SMARTS) is 1. The maximum Gasteiger partial charge on any atom is 0.335 e. The maximum atomic E-state index is 10.9. The fourth-order valence-electron chi connectivity index (χ4n) is 2.61. The summed E-state index contributed by atoms with van der Waals surface area (Å²) >= 11 is 0. The molecule has 1 heterocycles. The van der Waals surface area contributed by atoms with Gasteiger partial charge < -0.3 is 5.11 Å². The molecule has 5 nitrogen and oxygen atoms in total. The number of rotatable bonds is 4. The summed E-state index contributed by atoms with van der Waals surface area (Å²) < 4.78 is 1.83. The number of hydrogen-bond acceptors (Lipinski definition) is 3. The zero-order chi connectivity index (χ0) is 16.4. The van der Waals surface area contributed by atoms with Gasteiger partial charge >= 0.3 is 5.97 Å². The summed E-state index contributed by atoms with van der Waals surface area (Å²) in [6.45, 7) is 4.68. The molecule has 0 spiro atoms. The van der Waals surface area contributed by atoms with Crippen molar-refractivity contribution < 1.29 is 9.90 Å². The first kappa shape index (κ1) is 15.0. The Kier molecular flexibility index (Phi) is 3.93. The van der Waals surface area contributed by atoms with Gasteiger partial charge in [0.25, 0.3) is 0 Å². The predicted molar refractivity (Wildman–Crippen MR) is 87.4 cm³/mol. The Balaban J connectivity index is 1.90. The molecule has 0 atom stereocenters. The molecule has 116 valence electrons. The molecule has 1 aromatic heterocycles. The van der Waals surface area contributed by atoms with Gasteiger partial charge in [-0.3, -0.25) is 0 Å². The summed E-state index contributed by atoms with van der Waals surface area (Å²) in [5.74, 6) is -0.923. The van der Waals surface area contributed by atoms with E-state index >= 15 is 0 Å². The Hall–Kier alpha value is -2.95. The van der Waals surface area contributed by atoms with E-state index in [2.05, 4.69) is 42.4 Å². The van der Waals surface area contributed by atoms with Crippen molar-refractivity contribution >= 4 is 5.97 Å². The average Bonchev–Trinajstić information content (AvgIpc) is 2.96. The highest BCUT2D eigenvalue weighted by molar-refractivity contribution is 5.87. The van der Waals surface area contributed by atoms with Gasteiger partial charge in [0.05, 0.1) is 24.0 Å². The van der Waals surface area contributed by atoms with E-state index in [9.17, 15) is 4.79 Å². The monoisotopic (exact) mass is 307 g/mol. The van der Waals surface area contributed by atoms with Gasteiger partial charge in [0.2, 0.25) is 0 Å². The Labute approximate surface area is 134 Å². The molecule has 0 unspecified atom stereocenters. The normalized spacial score (nSPS) is 10.7. The minimum Gasteiger partial charge on any atom is -0.478 e. The average molecular weight is 307 g/mol. The van der Waals surface area contributed by atoms with Crippen molar-refractivity contribution in [2.45, 2.75) is 20.4 Å². The van der Waals surface area contributed by atoms with E-state index in [4.69, 9.17) is 5.11 Å². The summed E-state index contributed by atoms with van der Waals surface area (Å²) in [5.41, 5.74) is 5.70. The van der Waals surface area contributed by atoms with E-state index in [1.807, 2.05) is 4.68 Å². The molecule has 2 aromatic carbocycles. The summed E-state index contributed by atoms with van der Waals surface area (Å²) in [4.78, 5) is 10.9. The van der Waals surface area contributed by atoms with Crippen molar-refractivity contribution in [2.75, 3.05) is 0 Å². The van der Waals surface area contributed by atoms with Crippen LogP contribution in [0.2, 0.25) is 0 Å². The third kappa shape index (κ3) is 3.13. The van der Waals surface area contributed by atoms with Crippen LogP contribution in [0.5, 0.6) is 0 Å². The van der Waals surface area contributed by atoms with Crippen molar-refractivity contribution in [2.24, 2.45) is 0 Å². The summed E-state index contributed by atoms with van der Waals surface area (Å²) in [7, 11) is 0. The lowest BCUT2D eigenvalue weighted by molar-refractivity contribution is 0.0697. The second kappa shape index (κ2) is 6.04. The van der Waals surface area contributed by atoms with Crippen molar-refractivity contribution in [1.82, 2.24) is 15.0 Å². The van der Waals surface area contributed by atoms with Gasteiger partial charge in [0, 0.05) is 5.56 Å². The molecule has 0 amide bonds. The number of benzene rings is 2. The molecule has 0 saturated carbocycles. The van der Waals surface area contributed by atoms with E-state index in [0.29, 0.717) is 6.54 Å². The minimum absolute atomic E-state index is 0.280. The lowest BCUT2D eigenvalue weighted by Gasteiger charge is -2.10. The van der Waals surface area contributed by atoms with E-state index in [0.717, 1.165) is 16.8 Å². The van der Waals surface area contributed by atoms with Crippen molar-refractivity contribution in [3.8, 4) is 11.3 Å². The van der Waals surface area contributed by atoms with Gasteiger partial charge in [-0.1, -0.05) is 41.1 Å². The molecule has 3 rings (SSSR count). The van der Waals surface area contributed by atoms with Gasteiger partial charge in [0.1, 0.15) is 0 Å². The molecule has 0 fully saturated rings. The lowest BCUT2D eigenvalue weighted by Crippen LogP contribution is -2.05. The highest BCUT2D eigenvalue weighted by Gasteiger charge is 2.10. The fraction of sp³-hybridized carbons (Fsp3) is 0.167. The van der Waals surface area contributed by atoms with Crippen LogP contribution in [0.25, 0.3) is 11.3 Å². The SMILES string of the molecule is Cc1ccc(-c2cnnn2Cc2ccc(C(=O)O)cc2)c(C)c1. The molecule has 0 aliphatic rings. The molecule has 23 heavy (non-hydrogen) atoms. The van der Waals surface area contributed by atoms with Gasteiger partial charge in [0.15, 0.2) is 0 Å². The maximum absolute atomic E-state index is 10.9. The second-order valence-electron chi connectivity index (χ2n) is 5.60. The van der Waals surface area contributed by atoms with E-state index in [1.54, 1.807) is 30.5 Å². The minimum atomic E-state index is -0.923. The Morgan fingerprint density at radius 3 is 2.52 bits per heavy atom. The fourth-order valence-corrected chi connectivity index (χ4v) is 2.61. The number of carboxylic acids is 1. The van der Waals surface area contributed by atoms with Crippen molar-refractivity contribution in [1.29, 1.82) is 0 Å². The van der Waals surface area contributed by atoms with Crippen LogP contribution in [0.4, 0.5) is 0 Å². The van der Waals surface area contributed by atoms with Gasteiger partial charge in [-0.05, 0) is 37.1 Å². The van der Waals surface area contributed by atoms with Crippen LogP contribution in [0.1, 0.15) is 27.0 Å². The van der Waals surface area contributed by atoms with Crippen LogP contribution < -0.4 is 0 Å². The van der Waals surface area contributed by atoms with Gasteiger partial charge in [-0.2, -0.15) is 0 Å². The first-order chi connectivity index (χ1) is 11.0. The zero-order valence-electron chi connectivity index (χ0n) is 13.0. The van der Waals surface area contributed by atoms with Crippen LogP contribution in [-0.2, 0) is 6.54 Å². The summed E-state index contributed by atoms with van der Waals surface area (Å²) in [5, 5.41) is 17.1. The number of aryl methyl sites for hydroxylation is 2. The summed E-state index contributed by atoms with van der Waals surface area (Å²) in [6, 6.07) is 13.1. The number of aromatic carboxylic acids is 1. The Morgan fingerprint density at radius 1 is 1.13 bits per heavy atom. The van der Waals surface area contributed by atoms with Crippen LogP contribution >= 0.6 is 0 Å². The molecule has 0 bridgehead atoms. The van der Waals surface area contributed by atoms with E-state index in [1.165, 1.54) is 11.1 Å². The smallest absolute Gasteiger partial charge is 0.335 e. The second-order valence-corrected chi connectivity index (χ2v) is 5.60. The first-order valence-corrected chi connectivity index (χ1v) is 7.33. The third-order valence-electron chi connectivity index (χ3n) is 3.81. The van der Waals surface area contributed by atoms with Gasteiger partial charge in [-0.25, -0.2) is 9.48 Å². The largest absolute Gasteiger partial charge is 0.478 e. The molecule has 0 aliphatic carbocycles. The molecular weight excluding hydrogens is 290 g/mol. The molecule has 5 heteroatoms. The van der Waals surface area contributed by atoms with Crippen LogP contribution in [-0.4, -0.2) is 26.1 Å². The van der Waals surface area contributed by atoms with Gasteiger partial charge in [-0.15, -0.1) is 5.10 Å². The molecule has 3 aromatic rings. The molecule has 0 saturated heterocycles. The predicted octanol–water partition coefficient (Wildman–Crippen LogP) is 3.31. The molecule has 1 N–H and O–H groups in total. The molecule has 0 aliphatic heterocycles. The highest BCUT2D eigenvalue weighted by atomic mass is 16.4. The van der Waals surface area contributed by atoms with E-state index in [-0.39, 0.29) is 5.56 Å². The van der Waals surface area contributed by atoms with Crippen LogP contribution in [0, 0.1) is 13.8 Å². The lowest BCUT2D eigenvalue weighted by atomic mass is 10.0. The van der Waals surface area contributed by atoms with Crippen LogP contribution in [0.15, 0.2) is 48.7 Å². The zero-order valence-corrected chi connectivity index (χ0v) is 13.0. The van der Waals surface area contributed by atoms with E-state index < -0.39 is 5.97 Å². The van der Waals surface area contributed by atoms with Crippen molar-refractivity contribution in [3.63, 3.8) is 0 Å². The number of hydrogen-bond donors (Lipinski definition) is 1. The number of aromatic nitrogens is 3. The number of nitrogens with zero attached hydrogens (tertiary/aromatic N) is 3. The quantitative estimate of drug-likeness (QED) is 0.803. The first-order valence-electron chi connectivity index (χ1n) is 7.33. The highest BCUT2D eigenvalue weighted by Crippen LogP contribution is 2.24. The Morgan fingerprint density at radius 2 is 1.87 bits per heavy atom. The Bertz CT molecular complexity index is 851. The molecular formula is C18H17N3O2. The number of carbonyl (C=O) groups is 1. The van der Waals surface area contributed by atoms with Crippen LogP contribution in [0.3, 0.4) is 0 Å². The topological polar surface area (TPSA) is 68.0 Å². The molecule has 0 radical (unpaired) electrons. The van der Waals surface area contributed by atoms with Crippen molar-refractivity contribution in [3.05, 3.63) is 70.9 Å². The summed E-state index contributed by atoms with van der Waals surface area (Å²) in [6.07, 6.45) is 1.75.